The quantitative estimate of drug-likeness (QED) is 0.146. The Labute approximate surface area is 267 Å². The smallest absolute Gasteiger partial charge is 0.218 e. The molecule has 0 amide bonds. The second kappa shape index (κ2) is 11.5. The average molecular weight is 595 g/mol. The van der Waals surface area contributed by atoms with Gasteiger partial charge >= 0.3 is 0 Å². The van der Waals surface area contributed by atoms with Crippen LogP contribution in [0.2, 0.25) is 5.28 Å². The summed E-state index contributed by atoms with van der Waals surface area (Å²) in [4.78, 5) is 9.30. The summed E-state index contributed by atoms with van der Waals surface area (Å²) in [6.45, 7) is 0. The van der Waals surface area contributed by atoms with Gasteiger partial charge in [0.05, 0.1) is 11.4 Å². The van der Waals surface area contributed by atoms with Gasteiger partial charge in [-0.2, -0.15) is 0 Å². The lowest BCUT2D eigenvalue weighted by Gasteiger charge is -2.18. The molecule has 0 unspecified atom stereocenters. The van der Waals surface area contributed by atoms with Crippen molar-refractivity contribution in [2.75, 3.05) is 0 Å². The van der Waals surface area contributed by atoms with Crippen LogP contribution in [-0.4, -0.2) is 9.97 Å². The lowest BCUT2D eigenvalue weighted by molar-refractivity contribution is 1.18. The second-order valence-electron chi connectivity index (χ2n) is 11.1. The Morgan fingerprint density at radius 3 is 1.22 bits per heavy atom. The average Bonchev–Trinajstić information content (AvgIpc) is 3.11. The van der Waals surface area contributed by atoms with Crippen molar-refractivity contribution in [1.29, 1.82) is 0 Å². The first-order valence-electron chi connectivity index (χ1n) is 15.0. The molecule has 45 heavy (non-hydrogen) atoms. The third-order valence-electron chi connectivity index (χ3n) is 8.41. The monoisotopic (exact) mass is 594 g/mol. The molecule has 212 valence electrons. The standard InChI is InChI=1S/C42H27ClN2/c43-42-44-38(31-18-11-17-30(25-31)28-13-3-1-4-14-28)27-39(45-42)32-19-12-20-33(26-32)41-36-23-9-7-21-34(36)40(29-15-5-2-6-16-29)35-22-8-10-24-37(35)41/h1-27H. The van der Waals surface area contributed by atoms with Gasteiger partial charge in [-0.1, -0.05) is 146 Å². The van der Waals surface area contributed by atoms with Crippen molar-refractivity contribution in [1.82, 2.24) is 9.97 Å². The van der Waals surface area contributed by atoms with Crippen molar-refractivity contribution in [3.8, 4) is 55.9 Å². The Morgan fingerprint density at radius 2 is 0.689 bits per heavy atom. The fourth-order valence-corrected chi connectivity index (χ4v) is 6.57. The highest BCUT2D eigenvalue weighted by Gasteiger charge is 2.17. The first-order valence-corrected chi connectivity index (χ1v) is 15.4. The summed E-state index contributed by atoms with van der Waals surface area (Å²) in [5.74, 6) is 0. The molecule has 0 spiro atoms. The van der Waals surface area contributed by atoms with Gasteiger partial charge in [0.25, 0.3) is 0 Å². The van der Waals surface area contributed by atoms with E-state index in [9.17, 15) is 0 Å². The SMILES string of the molecule is Clc1nc(-c2cccc(-c3ccccc3)c2)cc(-c2cccc(-c3c4ccccc4c(-c4ccccc4)c4ccccc34)c2)n1. The summed E-state index contributed by atoms with van der Waals surface area (Å²) in [5, 5.41) is 5.11. The number of halogens is 1. The molecular weight excluding hydrogens is 568 g/mol. The van der Waals surface area contributed by atoms with E-state index in [0.29, 0.717) is 0 Å². The van der Waals surface area contributed by atoms with Crippen LogP contribution in [0.25, 0.3) is 77.4 Å². The van der Waals surface area contributed by atoms with Crippen LogP contribution < -0.4 is 0 Å². The van der Waals surface area contributed by atoms with E-state index in [4.69, 9.17) is 11.6 Å². The molecule has 7 aromatic carbocycles. The van der Waals surface area contributed by atoms with Gasteiger partial charge in [0.2, 0.25) is 5.28 Å². The molecule has 0 atom stereocenters. The Morgan fingerprint density at radius 1 is 0.311 bits per heavy atom. The van der Waals surface area contributed by atoms with Crippen LogP contribution in [0.1, 0.15) is 0 Å². The zero-order valence-electron chi connectivity index (χ0n) is 24.4. The van der Waals surface area contributed by atoms with Gasteiger partial charge in [0, 0.05) is 11.1 Å². The fourth-order valence-electron chi connectivity index (χ4n) is 6.39. The molecule has 0 radical (unpaired) electrons. The minimum atomic E-state index is 0.223. The molecule has 0 saturated carbocycles. The first-order chi connectivity index (χ1) is 22.2. The highest BCUT2D eigenvalue weighted by atomic mass is 35.5. The Bertz CT molecular complexity index is 2270. The molecular formula is C42H27ClN2. The van der Waals surface area contributed by atoms with Gasteiger partial charge in [0.15, 0.2) is 0 Å². The van der Waals surface area contributed by atoms with Crippen LogP contribution in [0.4, 0.5) is 0 Å². The number of hydrogen-bond acceptors (Lipinski definition) is 2. The van der Waals surface area contributed by atoms with E-state index in [-0.39, 0.29) is 5.28 Å². The predicted molar refractivity (Wildman–Crippen MR) is 189 cm³/mol. The number of aromatic nitrogens is 2. The van der Waals surface area contributed by atoms with Crippen molar-refractivity contribution in [2.45, 2.75) is 0 Å². The van der Waals surface area contributed by atoms with Gasteiger partial charge < -0.3 is 0 Å². The highest BCUT2D eigenvalue weighted by molar-refractivity contribution is 6.28. The summed E-state index contributed by atoms with van der Waals surface area (Å²) in [6.07, 6.45) is 0. The van der Waals surface area contributed by atoms with Gasteiger partial charge in [-0.3, -0.25) is 0 Å². The minimum Gasteiger partial charge on any atom is -0.218 e. The van der Waals surface area contributed by atoms with Crippen molar-refractivity contribution < 1.29 is 0 Å². The normalized spacial score (nSPS) is 11.2. The molecule has 0 saturated heterocycles. The molecule has 0 fully saturated rings. The topological polar surface area (TPSA) is 25.8 Å². The van der Waals surface area contributed by atoms with Crippen molar-refractivity contribution in [3.05, 3.63) is 169 Å². The van der Waals surface area contributed by atoms with E-state index in [2.05, 4.69) is 162 Å². The molecule has 1 heterocycles. The summed E-state index contributed by atoms with van der Waals surface area (Å²) < 4.78 is 0. The van der Waals surface area contributed by atoms with Gasteiger partial charge in [-0.05, 0) is 84.7 Å². The van der Waals surface area contributed by atoms with Crippen LogP contribution in [0.3, 0.4) is 0 Å². The fraction of sp³-hybridized carbons (Fsp3) is 0. The van der Waals surface area contributed by atoms with E-state index in [0.717, 1.165) is 39.2 Å². The summed E-state index contributed by atoms with van der Waals surface area (Å²) in [6, 6.07) is 57.5. The summed E-state index contributed by atoms with van der Waals surface area (Å²) >= 11 is 6.57. The molecule has 0 aliphatic rings. The van der Waals surface area contributed by atoms with E-state index >= 15 is 0 Å². The van der Waals surface area contributed by atoms with E-state index in [1.54, 1.807) is 0 Å². The molecule has 3 heteroatoms. The number of hydrogen-bond donors (Lipinski definition) is 0. The van der Waals surface area contributed by atoms with Crippen molar-refractivity contribution >= 4 is 33.1 Å². The number of nitrogens with zero attached hydrogens (tertiary/aromatic N) is 2. The molecule has 8 rings (SSSR count). The largest absolute Gasteiger partial charge is 0.223 e. The van der Waals surface area contributed by atoms with E-state index in [1.165, 1.54) is 38.2 Å². The predicted octanol–water partition coefficient (Wildman–Crippen LogP) is 11.8. The maximum absolute atomic E-state index is 6.57. The molecule has 2 nitrogen and oxygen atoms in total. The Hall–Kier alpha value is -5.57. The van der Waals surface area contributed by atoms with E-state index in [1.807, 2.05) is 12.1 Å². The molecule has 0 aliphatic carbocycles. The van der Waals surface area contributed by atoms with Gasteiger partial charge in [-0.25, -0.2) is 9.97 Å². The summed E-state index contributed by atoms with van der Waals surface area (Å²) in [5.41, 5.74) is 10.6. The van der Waals surface area contributed by atoms with Gasteiger partial charge in [-0.15, -0.1) is 0 Å². The van der Waals surface area contributed by atoms with Crippen LogP contribution in [0, 0.1) is 0 Å². The second-order valence-corrected chi connectivity index (χ2v) is 11.5. The lowest BCUT2D eigenvalue weighted by atomic mass is 9.85. The molecule has 1 aromatic heterocycles. The van der Waals surface area contributed by atoms with Crippen LogP contribution in [0.15, 0.2) is 164 Å². The maximum atomic E-state index is 6.57. The number of benzene rings is 7. The van der Waals surface area contributed by atoms with Crippen LogP contribution in [0.5, 0.6) is 0 Å². The minimum absolute atomic E-state index is 0.223. The van der Waals surface area contributed by atoms with Crippen molar-refractivity contribution in [3.63, 3.8) is 0 Å². The Balaban J connectivity index is 1.29. The van der Waals surface area contributed by atoms with Crippen LogP contribution >= 0.6 is 11.6 Å². The Kier molecular flexibility index (Phi) is 6.90. The van der Waals surface area contributed by atoms with E-state index < -0.39 is 0 Å². The lowest BCUT2D eigenvalue weighted by Crippen LogP contribution is -1.93. The number of fused-ring (bicyclic) bond motifs is 2. The molecule has 0 N–H and O–H groups in total. The third kappa shape index (κ3) is 5.06. The molecule has 8 aromatic rings. The van der Waals surface area contributed by atoms with Crippen molar-refractivity contribution in [2.24, 2.45) is 0 Å². The molecule has 0 bridgehead atoms. The third-order valence-corrected chi connectivity index (χ3v) is 8.57. The number of rotatable bonds is 5. The zero-order chi connectivity index (χ0) is 30.2. The molecule has 0 aliphatic heterocycles. The maximum Gasteiger partial charge on any atom is 0.223 e. The first kappa shape index (κ1) is 27.0. The zero-order valence-corrected chi connectivity index (χ0v) is 25.1. The van der Waals surface area contributed by atoms with Gasteiger partial charge in [0.1, 0.15) is 0 Å². The summed E-state index contributed by atoms with van der Waals surface area (Å²) in [7, 11) is 0. The van der Waals surface area contributed by atoms with Crippen LogP contribution in [-0.2, 0) is 0 Å². The highest BCUT2D eigenvalue weighted by Crippen LogP contribution is 2.44.